The van der Waals surface area contributed by atoms with E-state index in [1.807, 2.05) is 0 Å². The van der Waals surface area contributed by atoms with Crippen molar-refractivity contribution in [1.29, 1.82) is 0 Å². The number of amides is 1. The number of esters is 1. The van der Waals surface area contributed by atoms with Crippen LogP contribution in [-0.2, 0) is 9.53 Å². The SMILES string of the molecule is COC(=O)c1cccc(N2C(=O)CSC2=S)c1. The van der Waals surface area contributed by atoms with Crippen molar-refractivity contribution in [3.63, 3.8) is 0 Å². The van der Waals surface area contributed by atoms with Crippen LogP contribution in [0.3, 0.4) is 0 Å². The normalized spacial score (nSPS) is 15.2. The van der Waals surface area contributed by atoms with Crippen molar-refractivity contribution < 1.29 is 14.3 Å². The minimum absolute atomic E-state index is 0.0676. The minimum Gasteiger partial charge on any atom is -0.465 e. The molecule has 2 rings (SSSR count). The van der Waals surface area contributed by atoms with Gasteiger partial charge in [0, 0.05) is 0 Å². The van der Waals surface area contributed by atoms with Gasteiger partial charge >= 0.3 is 5.97 Å². The summed E-state index contributed by atoms with van der Waals surface area (Å²) in [4.78, 5) is 24.5. The van der Waals surface area contributed by atoms with Crippen LogP contribution in [0, 0.1) is 0 Å². The number of hydrogen-bond donors (Lipinski definition) is 0. The van der Waals surface area contributed by atoms with Gasteiger partial charge in [-0.3, -0.25) is 9.69 Å². The van der Waals surface area contributed by atoms with Crippen molar-refractivity contribution >= 4 is 45.9 Å². The second-order valence-electron chi connectivity index (χ2n) is 3.33. The smallest absolute Gasteiger partial charge is 0.337 e. The molecular formula is C11H9NO3S2. The maximum atomic E-state index is 11.6. The molecule has 1 fully saturated rings. The number of carbonyl (C=O) groups is 2. The minimum atomic E-state index is -0.433. The lowest BCUT2D eigenvalue weighted by Crippen LogP contribution is -2.28. The molecule has 1 aromatic carbocycles. The Morgan fingerprint density at radius 1 is 1.53 bits per heavy atom. The number of thiocarbonyl (C=S) groups is 1. The van der Waals surface area contributed by atoms with Gasteiger partial charge in [-0.1, -0.05) is 30.0 Å². The van der Waals surface area contributed by atoms with Crippen LogP contribution in [0.25, 0.3) is 0 Å². The van der Waals surface area contributed by atoms with E-state index in [2.05, 4.69) is 4.74 Å². The molecule has 4 nitrogen and oxygen atoms in total. The average molecular weight is 267 g/mol. The summed E-state index contributed by atoms with van der Waals surface area (Å²) >= 11 is 6.41. The van der Waals surface area contributed by atoms with E-state index in [1.54, 1.807) is 24.3 Å². The predicted molar refractivity (Wildman–Crippen MR) is 70.3 cm³/mol. The Kier molecular flexibility index (Phi) is 3.44. The van der Waals surface area contributed by atoms with E-state index in [9.17, 15) is 9.59 Å². The first-order chi connectivity index (χ1) is 8.13. The summed E-state index contributed by atoms with van der Waals surface area (Å²) in [6.45, 7) is 0. The third-order valence-electron chi connectivity index (χ3n) is 2.28. The third-order valence-corrected chi connectivity index (χ3v) is 3.63. The highest BCUT2D eigenvalue weighted by atomic mass is 32.2. The van der Waals surface area contributed by atoms with Gasteiger partial charge in [0.05, 0.1) is 24.1 Å². The van der Waals surface area contributed by atoms with Gasteiger partial charge in [-0.2, -0.15) is 0 Å². The van der Waals surface area contributed by atoms with E-state index in [1.165, 1.54) is 23.8 Å². The quantitative estimate of drug-likeness (QED) is 0.604. The maximum Gasteiger partial charge on any atom is 0.337 e. The lowest BCUT2D eigenvalue weighted by molar-refractivity contribution is -0.115. The van der Waals surface area contributed by atoms with E-state index in [4.69, 9.17) is 12.2 Å². The van der Waals surface area contributed by atoms with Crippen molar-refractivity contribution in [2.45, 2.75) is 0 Å². The van der Waals surface area contributed by atoms with E-state index >= 15 is 0 Å². The number of thioether (sulfide) groups is 1. The first kappa shape index (κ1) is 12.1. The number of carbonyl (C=O) groups excluding carboxylic acids is 2. The molecule has 17 heavy (non-hydrogen) atoms. The van der Waals surface area contributed by atoms with Gasteiger partial charge in [0.25, 0.3) is 0 Å². The van der Waals surface area contributed by atoms with Crippen LogP contribution in [0.15, 0.2) is 24.3 Å². The fraction of sp³-hybridized carbons (Fsp3) is 0.182. The number of rotatable bonds is 2. The lowest BCUT2D eigenvalue weighted by Gasteiger charge is -2.15. The molecule has 0 N–H and O–H groups in total. The van der Waals surface area contributed by atoms with E-state index in [-0.39, 0.29) is 5.91 Å². The van der Waals surface area contributed by atoms with Crippen LogP contribution in [0.2, 0.25) is 0 Å². The highest BCUT2D eigenvalue weighted by Crippen LogP contribution is 2.27. The molecule has 1 aliphatic heterocycles. The van der Waals surface area contributed by atoms with Gasteiger partial charge in [0.1, 0.15) is 4.32 Å². The molecule has 1 saturated heterocycles. The zero-order valence-electron chi connectivity index (χ0n) is 9.00. The van der Waals surface area contributed by atoms with Gasteiger partial charge in [0.2, 0.25) is 5.91 Å². The average Bonchev–Trinajstić information content (AvgIpc) is 2.68. The fourth-order valence-electron chi connectivity index (χ4n) is 1.49. The largest absolute Gasteiger partial charge is 0.465 e. The molecule has 1 aromatic rings. The Bertz CT molecular complexity index is 485. The molecule has 0 bridgehead atoms. The Balaban J connectivity index is 2.36. The van der Waals surface area contributed by atoms with Gasteiger partial charge in [-0.25, -0.2) is 4.79 Å². The fourth-order valence-corrected chi connectivity index (χ4v) is 2.59. The Labute approximate surface area is 108 Å². The van der Waals surface area contributed by atoms with Gasteiger partial charge in [0.15, 0.2) is 0 Å². The third kappa shape index (κ3) is 2.32. The van der Waals surface area contributed by atoms with Gasteiger partial charge in [-0.15, -0.1) is 0 Å². The monoisotopic (exact) mass is 267 g/mol. The molecule has 0 saturated carbocycles. The van der Waals surface area contributed by atoms with E-state index in [0.29, 0.717) is 21.3 Å². The Hall–Kier alpha value is -1.40. The summed E-state index contributed by atoms with van der Waals surface area (Å²) in [5.41, 5.74) is 1.01. The highest BCUT2D eigenvalue weighted by Gasteiger charge is 2.28. The molecule has 0 spiro atoms. The molecule has 0 atom stereocenters. The molecule has 0 unspecified atom stereocenters. The molecule has 1 aliphatic rings. The van der Waals surface area contributed by atoms with Crippen molar-refractivity contribution in [3.8, 4) is 0 Å². The highest BCUT2D eigenvalue weighted by molar-refractivity contribution is 8.24. The zero-order chi connectivity index (χ0) is 12.4. The summed E-state index contributed by atoms with van der Waals surface area (Å²) in [5, 5.41) is 0. The number of hydrogen-bond acceptors (Lipinski definition) is 5. The molecule has 0 aromatic heterocycles. The van der Waals surface area contributed by atoms with E-state index < -0.39 is 5.97 Å². The number of methoxy groups -OCH3 is 1. The maximum absolute atomic E-state index is 11.6. The van der Waals surface area contributed by atoms with Crippen molar-refractivity contribution in [2.75, 3.05) is 17.8 Å². The van der Waals surface area contributed by atoms with Crippen molar-refractivity contribution in [2.24, 2.45) is 0 Å². The van der Waals surface area contributed by atoms with Crippen LogP contribution in [0.1, 0.15) is 10.4 Å². The molecule has 1 amide bonds. The second-order valence-corrected chi connectivity index (χ2v) is 4.93. The number of anilines is 1. The first-order valence-corrected chi connectivity index (χ1v) is 6.21. The zero-order valence-corrected chi connectivity index (χ0v) is 10.6. The number of nitrogens with zero attached hydrogens (tertiary/aromatic N) is 1. The number of ether oxygens (including phenoxy) is 1. The molecule has 1 heterocycles. The summed E-state index contributed by atoms with van der Waals surface area (Å²) in [6.07, 6.45) is 0. The molecule has 88 valence electrons. The number of benzene rings is 1. The van der Waals surface area contributed by atoms with Crippen LogP contribution in [0.4, 0.5) is 5.69 Å². The van der Waals surface area contributed by atoms with Crippen LogP contribution >= 0.6 is 24.0 Å². The van der Waals surface area contributed by atoms with Crippen LogP contribution in [0.5, 0.6) is 0 Å². The topological polar surface area (TPSA) is 46.6 Å². The summed E-state index contributed by atoms with van der Waals surface area (Å²) in [6, 6.07) is 6.66. The van der Waals surface area contributed by atoms with E-state index in [0.717, 1.165) is 0 Å². The summed E-state index contributed by atoms with van der Waals surface area (Å²) in [5.74, 6) is -0.152. The summed E-state index contributed by atoms with van der Waals surface area (Å²) < 4.78 is 5.14. The second kappa shape index (κ2) is 4.85. The van der Waals surface area contributed by atoms with Crippen LogP contribution < -0.4 is 4.90 Å². The van der Waals surface area contributed by atoms with Crippen LogP contribution in [-0.4, -0.2) is 29.1 Å². The molecule has 0 radical (unpaired) electrons. The van der Waals surface area contributed by atoms with Gasteiger partial charge in [-0.05, 0) is 18.2 Å². The Morgan fingerprint density at radius 3 is 2.88 bits per heavy atom. The first-order valence-electron chi connectivity index (χ1n) is 4.81. The molecule has 6 heteroatoms. The van der Waals surface area contributed by atoms with Crippen molar-refractivity contribution in [1.82, 2.24) is 0 Å². The van der Waals surface area contributed by atoms with Crippen molar-refractivity contribution in [3.05, 3.63) is 29.8 Å². The molecular weight excluding hydrogens is 258 g/mol. The standard InChI is InChI=1S/C11H9NO3S2/c1-15-10(14)7-3-2-4-8(5-7)12-9(13)6-17-11(12)16/h2-5H,6H2,1H3. The summed E-state index contributed by atoms with van der Waals surface area (Å²) in [7, 11) is 1.32. The predicted octanol–water partition coefficient (Wildman–Crippen LogP) is 1.84. The molecule has 0 aliphatic carbocycles. The lowest BCUT2D eigenvalue weighted by atomic mass is 10.2. The Morgan fingerprint density at radius 2 is 2.29 bits per heavy atom. The van der Waals surface area contributed by atoms with Gasteiger partial charge < -0.3 is 4.74 Å².